The maximum absolute atomic E-state index is 12.9. The average Bonchev–Trinajstić information content (AvgIpc) is 2.80. The van der Waals surface area contributed by atoms with Gasteiger partial charge in [0, 0.05) is 18.0 Å². The number of benzene rings is 2. The summed E-state index contributed by atoms with van der Waals surface area (Å²) in [5, 5.41) is 11.5. The molecule has 0 heterocycles. The number of amides is 2. The fourth-order valence-electron chi connectivity index (χ4n) is 2.89. The number of hydrogen-bond donors (Lipinski definition) is 3. The number of nitrogens with one attached hydrogen (secondary N) is 2. The third-order valence-corrected chi connectivity index (χ3v) is 7.02. The third kappa shape index (κ3) is 8.35. The smallest absolute Gasteiger partial charge is 0.258 e. The minimum atomic E-state index is -3.97. The molecule has 0 aliphatic rings. The van der Waals surface area contributed by atoms with Crippen LogP contribution in [0.1, 0.15) is 19.4 Å². The summed E-state index contributed by atoms with van der Waals surface area (Å²) in [6.07, 6.45) is 1.98. The van der Waals surface area contributed by atoms with Crippen molar-refractivity contribution in [3.05, 3.63) is 54.1 Å². The van der Waals surface area contributed by atoms with Gasteiger partial charge in [0.15, 0.2) is 6.61 Å². The van der Waals surface area contributed by atoms with Gasteiger partial charge in [0.25, 0.3) is 11.8 Å². The number of thioether (sulfide) groups is 1. The van der Waals surface area contributed by atoms with E-state index >= 15 is 0 Å². The number of carbonyl (C=O) groups excluding carboxylic acids is 2. The van der Waals surface area contributed by atoms with Gasteiger partial charge in [-0.25, -0.2) is 13.9 Å². The predicted octanol–water partition coefficient (Wildman–Crippen LogP) is 2.26. The summed E-state index contributed by atoms with van der Waals surface area (Å²) in [4.78, 5) is 24.7. The Hall–Kier alpha value is -2.60. The molecule has 2 aromatic rings. The van der Waals surface area contributed by atoms with Gasteiger partial charge in [0.2, 0.25) is 10.0 Å². The highest BCUT2D eigenvalue weighted by Gasteiger charge is 2.27. The first-order valence-electron chi connectivity index (χ1n) is 10.2. The van der Waals surface area contributed by atoms with Gasteiger partial charge < -0.3 is 10.1 Å². The minimum absolute atomic E-state index is 0.0284. The van der Waals surface area contributed by atoms with Crippen molar-refractivity contribution in [3.63, 3.8) is 0 Å². The number of hydrogen-bond acceptors (Lipinski definition) is 7. The first-order chi connectivity index (χ1) is 15.6. The van der Waals surface area contributed by atoms with E-state index < -0.39 is 22.5 Å². The third-order valence-electron chi connectivity index (χ3n) is 4.47. The maximum atomic E-state index is 12.9. The fourth-order valence-corrected chi connectivity index (χ4v) is 4.93. The summed E-state index contributed by atoms with van der Waals surface area (Å²) in [5.41, 5.74) is 2.43. The molecule has 180 valence electrons. The van der Waals surface area contributed by atoms with Crippen molar-refractivity contribution in [1.82, 2.24) is 15.1 Å². The number of nitrogens with zero attached hydrogens (tertiary/aromatic N) is 1. The number of rotatable bonds is 12. The molecule has 2 amide bonds. The maximum Gasteiger partial charge on any atom is 0.258 e. The summed E-state index contributed by atoms with van der Waals surface area (Å²) < 4.78 is 32.3. The Morgan fingerprint density at radius 3 is 2.42 bits per heavy atom. The van der Waals surface area contributed by atoms with E-state index in [1.54, 1.807) is 11.8 Å². The van der Waals surface area contributed by atoms with E-state index in [-0.39, 0.29) is 29.9 Å². The normalized spacial score (nSPS) is 11.5. The van der Waals surface area contributed by atoms with E-state index in [9.17, 15) is 18.0 Å². The van der Waals surface area contributed by atoms with Gasteiger partial charge in [-0.05, 0) is 54.1 Å². The van der Waals surface area contributed by atoms with Gasteiger partial charge in [0.1, 0.15) is 5.75 Å². The first-order valence-corrected chi connectivity index (χ1v) is 12.9. The molecule has 0 saturated heterocycles. The zero-order valence-electron chi connectivity index (χ0n) is 18.8. The monoisotopic (exact) mass is 495 g/mol. The molecule has 0 aliphatic carbocycles. The Labute approximate surface area is 198 Å². The molecule has 0 fully saturated rings. The van der Waals surface area contributed by atoms with Crippen LogP contribution in [0.5, 0.6) is 5.75 Å². The zero-order valence-corrected chi connectivity index (χ0v) is 20.4. The molecule has 33 heavy (non-hydrogen) atoms. The van der Waals surface area contributed by atoms with E-state index in [4.69, 9.17) is 9.94 Å². The number of carbonyl (C=O) groups is 2. The lowest BCUT2D eigenvalue weighted by Gasteiger charge is -2.23. The Balaban J connectivity index is 1.96. The summed E-state index contributed by atoms with van der Waals surface area (Å²) in [5.74, 6) is -0.836. The molecular weight excluding hydrogens is 466 g/mol. The molecule has 9 nitrogen and oxygen atoms in total. The lowest BCUT2D eigenvalue weighted by atomic mass is 10.2. The van der Waals surface area contributed by atoms with Crippen LogP contribution in [-0.4, -0.2) is 55.7 Å². The van der Waals surface area contributed by atoms with Crippen molar-refractivity contribution in [2.75, 3.05) is 26.0 Å². The van der Waals surface area contributed by atoms with E-state index in [1.165, 1.54) is 29.7 Å². The van der Waals surface area contributed by atoms with E-state index in [0.29, 0.717) is 12.3 Å². The van der Waals surface area contributed by atoms with Gasteiger partial charge in [-0.2, -0.15) is 4.31 Å². The van der Waals surface area contributed by atoms with Crippen LogP contribution < -0.4 is 15.5 Å². The molecule has 0 unspecified atom stereocenters. The van der Waals surface area contributed by atoms with Crippen molar-refractivity contribution in [2.45, 2.75) is 30.2 Å². The average molecular weight is 496 g/mol. The fraction of sp³-hybridized carbons (Fsp3) is 0.364. The standard InChI is InChI=1S/C22H29N3O6S2/c1-16(2)13-25(14-21(26)24-28)33(29,30)20-9-7-18(8-10-20)31-15-22(27)23-12-17-5-4-6-19(11-17)32-3/h4-11,16,28H,12-15H2,1-3H3,(H,23,27)(H,24,26). The molecule has 0 bridgehead atoms. The van der Waals surface area contributed by atoms with Gasteiger partial charge >= 0.3 is 0 Å². The van der Waals surface area contributed by atoms with Crippen LogP contribution in [0.3, 0.4) is 0 Å². The van der Waals surface area contributed by atoms with Gasteiger partial charge in [-0.1, -0.05) is 26.0 Å². The Bertz CT molecular complexity index is 1040. The van der Waals surface area contributed by atoms with E-state index in [1.807, 2.05) is 44.4 Å². The summed E-state index contributed by atoms with van der Waals surface area (Å²) in [7, 11) is -3.97. The highest BCUT2D eigenvalue weighted by atomic mass is 32.2. The Kier molecular flexibility index (Phi) is 10.2. The molecule has 2 rings (SSSR count). The number of ether oxygens (including phenoxy) is 1. The van der Waals surface area contributed by atoms with Crippen LogP contribution in [0.4, 0.5) is 0 Å². The lowest BCUT2D eigenvalue weighted by molar-refractivity contribution is -0.129. The SMILES string of the molecule is CSc1cccc(CNC(=O)COc2ccc(S(=O)(=O)N(CC(=O)NO)CC(C)C)cc2)c1. The Morgan fingerprint density at radius 2 is 1.82 bits per heavy atom. The summed E-state index contributed by atoms with van der Waals surface area (Å²) in [6, 6.07) is 13.4. The number of sulfonamides is 1. The molecule has 3 N–H and O–H groups in total. The second kappa shape index (κ2) is 12.6. The van der Waals surface area contributed by atoms with Crippen LogP contribution in [0, 0.1) is 5.92 Å². The molecular formula is C22H29N3O6S2. The topological polar surface area (TPSA) is 125 Å². The molecule has 0 spiro atoms. The highest BCUT2D eigenvalue weighted by Crippen LogP contribution is 2.21. The van der Waals surface area contributed by atoms with Crippen molar-refractivity contribution in [2.24, 2.45) is 5.92 Å². The van der Waals surface area contributed by atoms with Crippen LogP contribution in [0.25, 0.3) is 0 Å². The van der Waals surface area contributed by atoms with E-state index in [2.05, 4.69) is 5.32 Å². The predicted molar refractivity (Wildman–Crippen MR) is 126 cm³/mol. The van der Waals surface area contributed by atoms with Crippen molar-refractivity contribution in [1.29, 1.82) is 0 Å². The molecule has 0 radical (unpaired) electrons. The second-order valence-corrected chi connectivity index (χ2v) is 10.4. The second-order valence-electron chi connectivity index (χ2n) is 7.61. The molecule has 2 aromatic carbocycles. The first kappa shape index (κ1) is 26.7. The van der Waals surface area contributed by atoms with Crippen LogP contribution in [-0.2, 0) is 26.2 Å². The molecule has 0 aliphatic heterocycles. The van der Waals surface area contributed by atoms with Gasteiger partial charge in [-0.15, -0.1) is 11.8 Å². The molecule has 0 saturated carbocycles. The van der Waals surface area contributed by atoms with Crippen molar-refractivity contribution in [3.8, 4) is 5.75 Å². The molecule has 0 atom stereocenters. The van der Waals surface area contributed by atoms with Crippen molar-refractivity contribution < 1.29 is 28.0 Å². The van der Waals surface area contributed by atoms with Crippen LogP contribution in [0.2, 0.25) is 0 Å². The van der Waals surface area contributed by atoms with Gasteiger partial charge in [-0.3, -0.25) is 14.8 Å². The van der Waals surface area contributed by atoms with Crippen LogP contribution >= 0.6 is 11.8 Å². The van der Waals surface area contributed by atoms with Crippen molar-refractivity contribution >= 4 is 33.6 Å². The summed E-state index contributed by atoms with van der Waals surface area (Å²) in [6.45, 7) is 3.40. The van der Waals surface area contributed by atoms with Gasteiger partial charge in [0.05, 0.1) is 11.4 Å². The quantitative estimate of drug-likeness (QED) is 0.234. The number of hydroxylamine groups is 1. The largest absolute Gasteiger partial charge is 0.484 e. The lowest BCUT2D eigenvalue weighted by Crippen LogP contribution is -2.41. The highest BCUT2D eigenvalue weighted by molar-refractivity contribution is 7.98. The van der Waals surface area contributed by atoms with Crippen LogP contribution in [0.15, 0.2) is 58.3 Å². The van der Waals surface area contributed by atoms with E-state index in [0.717, 1.165) is 14.8 Å². The molecule has 11 heteroatoms. The summed E-state index contributed by atoms with van der Waals surface area (Å²) >= 11 is 1.62. The zero-order chi connectivity index (χ0) is 24.4. The Morgan fingerprint density at radius 1 is 1.12 bits per heavy atom. The minimum Gasteiger partial charge on any atom is -0.484 e. The molecule has 0 aromatic heterocycles.